The fraction of sp³-hybridized carbons (Fsp3) is 0.500. The lowest BCUT2D eigenvalue weighted by Gasteiger charge is -2.24. The molecule has 4 rings (SSSR count). The van der Waals surface area contributed by atoms with Crippen molar-refractivity contribution in [1.29, 1.82) is 0 Å². The summed E-state index contributed by atoms with van der Waals surface area (Å²) in [5.41, 5.74) is 5.31. The molecule has 0 aromatic heterocycles. The van der Waals surface area contributed by atoms with Crippen molar-refractivity contribution >= 4 is 11.6 Å². The minimum Gasteiger partial charge on any atom is -0.298 e. The second-order valence-corrected chi connectivity index (χ2v) is 6.17. The first-order chi connectivity index (χ1) is 10.1. The number of benzene rings is 1. The van der Waals surface area contributed by atoms with Gasteiger partial charge in [-0.15, -0.1) is 0 Å². The average molecular weight is 287 g/mol. The van der Waals surface area contributed by atoms with Gasteiger partial charge in [0.1, 0.15) is 6.17 Å². The first-order valence-electron chi connectivity index (χ1n) is 7.52. The number of fused-ring (bicyclic) bond motifs is 1. The van der Waals surface area contributed by atoms with Gasteiger partial charge in [0, 0.05) is 12.3 Å². The Balaban J connectivity index is 1.61. The van der Waals surface area contributed by atoms with Crippen LogP contribution in [0, 0.1) is 12.8 Å². The molecule has 0 radical (unpaired) electrons. The molecule has 1 N–H and O–H groups in total. The second-order valence-electron chi connectivity index (χ2n) is 6.17. The summed E-state index contributed by atoms with van der Waals surface area (Å²) < 4.78 is 14.3. The van der Waals surface area contributed by atoms with Crippen LogP contribution in [0.3, 0.4) is 0 Å². The molecule has 110 valence electrons. The number of hydrogen-bond acceptors (Lipinski definition) is 4. The van der Waals surface area contributed by atoms with Crippen molar-refractivity contribution in [3.63, 3.8) is 0 Å². The Morgan fingerprint density at radius 2 is 2.14 bits per heavy atom. The standard InChI is InChI=1S/C16H18FN3O/c1-9-4-2-3-5-11(9)13-8-12(17)16-18-15(19-20(13)16)14(21)10-6-7-10/h2-5,10,12-13,16H,6-8H2,1H3,(H,18,19)/t12-,13+,16?/m1/s1. The molecule has 1 saturated carbocycles. The number of Topliss-reactive ketones (excluding diaryl/α,β-unsaturated/α-hetero) is 1. The van der Waals surface area contributed by atoms with E-state index < -0.39 is 12.3 Å². The zero-order chi connectivity index (χ0) is 14.6. The van der Waals surface area contributed by atoms with Crippen LogP contribution < -0.4 is 5.43 Å². The van der Waals surface area contributed by atoms with E-state index in [2.05, 4.69) is 10.4 Å². The number of aryl methyl sites for hydroxylation is 1. The minimum atomic E-state index is -1.04. The van der Waals surface area contributed by atoms with E-state index in [-0.39, 0.29) is 17.7 Å². The number of nitrogens with zero attached hydrogens (tertiary/aromatic N) is 2. The highest BCUT2D eigenvalue weighted by Crippen LogP contribution is 2.40. The van der Waals surface area contributed by atoms with Crippen LogP contribution in [0.5, 0.6) is 0 Å². The van der Waals surface area contributed by atoms with Gasteiger partial charge in [-0.05, 0) is 30.9 Å². The van der Waals surface area contributed by atoms with Crippen molar-refractivity contribution in [2.24, 2.45) is 10.9 Å². The van der Waals surface area contributed by atoms with Crippen molar-refractivity contribution in [1.82, 2.24) is 10.4 Å². The Hall–Kier alpha value is -1.75. The number of carbonyl (C=O) groups is 1. The van der Waals surface area contributed by atoms with Crippen molar-refractivity contribution in [3.8, 4) is 0 Å². The maximum absolute atomic E-state index is 14.3. The number of hydrogen-bond donors (Lipinski definition) is 1. The largest absolute Gasteiger partial charge is 0.298 e. The molecule has 1 aromatic carbocycles. The number of aliphatic imine (C=N–C) groups is 1. The molecule has 1 saturated heterocycles. The van der Waals surface area contributed by atoms with Crippen molar-refractivity contribution < 1.29 is 9.18 Å². The number of rotatable bonds is 3. The van der Waals surface area contributed by atoms with Crippen LogP contribution in [0.25, 0.3) is 0 Å². The van der Waals surface area contributed by atoms with Gasteiger partial charge in [0.05, 0.1) is 6.04 Å². The van der Waals surface area contributed by atoms with Crippen molar-refractivity contribution in [3.05, 3.63) is 35.4 Å². The highest BCUT2D eigenvalue weighted by molar-refractivity contribution is 6.40. The van der Waals surface area contributed by atoms with E-state index in [1.807, 2.05) is 36.2 Å². The van der Waals surface area contributed by atoms with E-state index in [1.54, 1.807) is 0 Å². The van der Waals surface area contributed by atoms with E-state index in [0.29, 0.717) is 12.3 Å². The molecule has 1 aliphatic carbocycles. The van der Waals surface area contributed by atoms with Crippen LogP contribution in [0.15, 0.2) is 29.3 Å². The molecule has 2 fully saturated rings. The van der Waals surface area contributed by atoms with Crippen LogP contribution >= 0.6 is 0 Å². The monoisotopic (exact) mass is 287 g/mol. The Morgan fingerprint density at radius 3 is 2.86 bits per heavy atom. The molecule has 0 bridgehead atoms. The normalized spacial score (nSPS) is 31.7. The van der Waals surface area contributed by atoms with E-state index in [9.17, 15) is 9.18 Å². The lowest BCUT2D eigenvalue weighted by atomic mass is 9.99. The van der Waals surface area contributed by atoms with Gasteiger partial charge in [0.15, 0.2) is 12.0 Å². The maximum atomic E-state index is 14.3. The van der Waals surface area contributed by atoms with Gasteiger partial charge in [0.2, 0.25) is 5.78 Å². The fourth-order valence-corrected chi connectivity index (χ4v) is 3.27. The van der Waals surface area contributed by atoms with Gasteiger partial charge in [0.25, 0.3) is 0 Å². The molecule has 0 spiro atoms. The average Bonchev–Trinajstić information content (AvgIpc) is 3.15. The van der Waals surface area contributed by atoms with E-state index in [1.165, 1.54) is 0 Å². The van der Waals surface area contributed by atoms with Crippen LogP contribution in [0.4, 0.5) is 4.39 Å². The Morgan fingerprint density at radius 1 is 1.38 bits per heavy atom. The zero-order valence-electron chi connectivity index (χ0n) is 11.9. The SMILES string of the molecule is Cc1ccccc1[C@@H]1C[C@@H](F)C2N=C(C(=O)C3CC3)NN21. The Bertz CT molecular complexity index is 626. The van der Waals surface area contributed by atoms with Gasteiger partial charge in [-0.1, -0.05) is 24.3 Å². The van der Waals surface area contributed by atoms with E-state index >= 15 is 0 Å². The first kappa shape index (κ1) is 13.0. The van der Waals surface area contributed by atoms with Crippen LogP contribution in [-0.4, -0.2) is 29.0 Å². The van der Waals surface area contributed by atoms with Gasteiger partial charge >= 0.3 is 0 Å². The second kappa shape index (κ2) is 4.63. The summed E-state index contributed by atoms with van der Waals surface area (Å²) in [5.74, 6) is 0.495. The van der Waals surface area contributed by atoms with Gasteiger partial charge in [-0.2, -0.15) is 5.01 Å². The molecule has 21 heavy (non-hydrogen) atoms. The smallest absolute Gasteiger partial charge is 0.201 e. The highest BCUT2D eigenvalue weighted by Gasteiger charge is 2.48. The molecule has 3 atom stereocenters. The number of ketones is 1. The highest BCUT2D eigenvalue weighted by atomic mass is 19.1. The number of carbonyl (C=O) groups excluding carboxylic acids is 1. The molecule has 4 nitrogen and oxygen atoms in total. The van der Waals surface area contributed by atoms with Gasteiger partial charge < -0.3 is 0 Å². The van der Waals surface area contributed by atoms with E-state index in [0.717, 1.165) is 24.0 Å². The molecular formula is C16H18FN3O. The summed E-state index contributed by atoms with van der Waals surface area (Å²) in [5, 5.41) is 1.82. The number of alkyl halides is 1. The maximum Gasteiger partial charge on any atom is 0.201 e. The Labute approximate surface area is 123 Å². The predicted molar refractivity (Wildman–Crippen MR) is 77.4 cm³/mol. The number of hydrazine groups is 1. The molecule has 3 aliphatic rings. The van der Waals surface area contributed by atoms with E-state index in [4.69, 9.17) is 0 Å². The molecule has 1 unspecified atom stereocenters. The molecule has 1 aromatic rings. The third-order valence-electron chi connectivity index (χ3n) is 4.62. The summed E-state index contributed by atoms with van der Waals surface area (Å²) in [6.07, 6.45) is 0.685. The molecule has 0 amide bonds. The zero-order valence-corrected chi connectivity index (χ0v) is 11.9. The minimum absolute atomic E-state index is 0.0418. The van der Waals surface area contributed by atoms with Gasteiger partial charge in [-0.25, -0.2) is 9.38 Å². The first-order valence-corrected chi connectivity index (χ1v) is 7.52. The summed E-state index contributed by atoms with van der Waals surface area (Å²) in [6, 6.07) is 7.93. The van der Waals surface area contributed by atoms with Crippen molar-refractivity contribution in [2.45, 2.75) is 44.6 Å². The van der Waals surface area contributed by atoms with Crippen LogP contribution in [0.1, 0.15) is 36.4 Å². The number of halogens is 1. The Kier molecular flexibility index (Phi) is 2.85. The predicted octanol–water partition coefficient (Wildman–Crippen LogP) is 2.30. The third-order valence-corrected chi connectivity index (χ3v) is 4.62. The molecule has 2 aliphatic heterocycles. The molecule has 5 heteroatoms. The molecular weight excluding hydrogens is 269 g/mol. The summed E-state index contributed by atoms with van der Waals surface area (Å²) >= 11 is 0. The topological polar surface area (TPSA) is 44.7 Å². The number of amidine groups is 1. The van der Waals surface area contributed by atoms with Gasteiger partial charge in [-0.3, -0.25) is 10.2 Å². The third kappa shape index (κ3) is 2.07. The van der Waals surface area contributed by atoms with Crippen LogP contribution in [0.2, 0.25) is 0 Å². The lowest BCUT2D eigenvalue weighted by Crippen LogP contribution is -2.42. The summed E-state index contributed by atoms with van der Waals surface area (Å²) in [6.45, 7) is 2.03. The van der Waals surface area contributed by atoms with Crippen LogP contribution in [-0.2, 0) is 4.79 Å². The molecule has 2 heterocycles. The lowest BCUT2D eigenvalue weighted by molar-refractivity contribution is -0.114. The number of nitrogens with one attached hydrogen (secondary N) is 1. The summed E-state index contributed by atoms with van der Waals surface area (Å²) in [7, 11) is 0. The fourth-order valence-electron chi connectivity index (χ4n) is 3.27. The summed E-state index contributed by atoms with van der Waals surface area (Å²) in [4.78, 5) is 16.4. The quantitative estimate of drug-likeness (QED) is 0.928. The van der Waals surface area contributed by atoms with Crippen molar-refractivity contribution in [2.75, 3.05) is 0 Å².